The molecule has 0 aliphatic heterocycles. The predicted molar refractivity (Wildman–Crippen MR) is 91.5 cm³/mol. The minimum atomic E-state index is -0.160. The monoisotopic (exact) mass is 404 g/mol. The van der Waals surface area contributed by atoms with E-state index in [0.29, 0.717) is 5.56 Å². The molecule has 5 heteroatoms. The van der Waals surface area contributed by atoms with Crippen molar-refractivity contribution in [3.63, 3.8) is 0 Å². The third kappa shape index (κ3) is 2.99. The number of amides is 1. The van der Waals surface area contributed by atoms with Crippen LogP contribution in [0.25, 0.3) is 10.8 Å². The Kier molecular flexibility index (Phi) is 4.03. The molecule has 0 aliphatic rings. The molecule has 0 bridgehead atoms. The number of pyridine rings is 1. The van der Waals surface area contributed by atoms with Gasteiger partial charge in [0.2, 0.25) is 0 Å². The maximum absolute atomic E-state index is 12.5. The lowest BCUT2D eigenvalue weighted by atomic mass is 10.1. The van der Waals surface area contributed by atoms with Crippen LogP contribution < -0.4 is 5.32 Å². The van der Waals surface area contributed by atoms with E-state index in [1.54, 1.807) is 18.5 Å². The van der Waals surface area contributed by atoms with Gasteiger partial charge < -0.3 is 5.32 Å². The Labute approximate surface area is 138 Å². The standard InChI is InChI=1S/C16H10Br2N2O/c17-11-4-5-14(18)13(8-11)16(21)20-15-3-1-2-10-9-19-7-6-12(10)15/h1-9H,(H,20,21). The molecule has 1 heterocycles. The van der Waals surface area contributed by atoms with E-state index in [1.165, 1.54) is 0 Å². The molecule has 3 aromatic rings. The van der Waals surface area contributed by atoms with Gasteiger partial charge >= 0.3 is 0 Å². The molecule has 1 aromatic heterocycles. The molecule has 0 fully saturated rings. The smallest absolute Gasteiger partial charge is 0.256 e. The molecule has 0 atom stereocenters. The zero-order valence-electron chi connectivity index (χ0n) is 10.8. The van der Waals surface area contributed by atoms with Crippen LogP contribution in [0.2, 0.25) is 0 Å². The van der Waals surface area contributed by atoms with E-state index in [-0.39, 0.29) is 5.91 Å². The number of nitrogens with one attached hydrogen (secondary N) is 1. The molecule has 0 aliphatic carbocycles. The summed E-state index contributed by atoms with van der Waals surface area (Å²) < 4.78 is 1.61. The molecule has 0 spiro atoms. The summed E-state index contributed by atoms with van der Waals surface area (Å²) in [6, 6.07) is 13.1. The van der Waals surface area contributed by atoms with E-state index in [2.05, 4.69) is 42.2 Å². The van der Waals surface area contributed by atoms with Crippen LogP contribution in [0, 0.1) is 0 Å². The van der Waals surface area contributed by atoms with E-state index >= 15 is 0 Å². The Hall–Kier alpha value is -1.72. The maximum Gasteiger partial charge on any atom is 0.256 e. The first-order chi connectivity index (χ1) is 10.1. The molecule has 0 saturated carbocycles. The van der Waals surface area contributed by atoms with E-state index in [1.807, 2.05) is 36.4 Å². The van der Waals surface area contributed by atoms with Gasteiger partial charge in [-0.3, -0.25) is 9.78 Å². The van der Waals surface area contributed by atoms with Gasteiger partial charge in [0.1, 0.15) is 0 Å². The second-order valence-electron chi connectivity index (χ2n) is 4.48. The van der Waals surface area contributed by atoms with E-state index in [0.717, 1.165) is 25.4 Å². The Balaban J connectivity index is 1.99. The zero-order valence-corrected chi connectivity index (χ0v) is 14.0. The highest BCUT2D eigenvalue weighted by atomic mass is 79.9. The number of hydrogen-bond donors (Lipinski definition) is 1. The lowest BCUT2D eigenvalue weighted by molar-refractivity contribution is 0.102. The average molecular weight is 406 g/mol. The van der Waals surface area contributed by atoms with Crippen molar-refractivity contribution in [1.29, 1.82) is 0 Å². The predicted octanol–water partition coefficient (Wildman–Crippen LogP) is 5.01. The van der Waals surface area contributed by atoms with Gasteiger partial charge in [-0.15, -0.1) is 0 Å². The second kappa shape index (κ2) is 5.95. The molecule has 3 nitrogen and oxygen atoms in total. The van der Waals surface area contributed by atoms with Gasteiger partial charge in [0.15, 0.2) is 0 Å². The number of halogens is 2. The molecule has 0 radical (unpaired) electrons. The van der Waals surface area contributed by atoms with Gasteiger partial charge in [0, 0.05) is 37.8 Å². The van der Waals surface area contributed by atoms with Crippen LogP contribution >= 0.6 is 31.9 Å². The summed E-state index contributed by atoms with van der Waals surface area (Å²) >= 11 is 6.78. The van der Waals surface area contributed by atoms with Crippen molar-refractivity contribution in [3.8, 4) is 0 Å². The van der Waals surface area contributed by atoms with E-state index < -0.39 is 0 Å². The molecule has 2 aromatic carbocycles. The summed E-state index contributed by atoms with van der Waals surface area (Å²) in [5, 5.41) is 4.91. The van der Waals surface area contributed by atoms with Gasteiger partial charge in [0.25, 0.3) is 5.91 Å². The van der Waals surface area contributed by atoms with Crippen molar-refractivity contribution in [2.24, 2.45) is 0 Å². The highest BCUT2D eigenvalue weighted by Crippen LogP contribution is 2.25. The van der Waals surface area contributed by atoms with Gasteiger partial charge in [-0.1, -0.05) is 28.1 Å². The number of fused-ring (bicyclic) bond motifs is 1. The minimum Gasteiger partial charge on any atom is -0.321 e. The highest BCUT2D eigenvalue weighted by Gasteiger charge is 2.12. The van der Waals surface area contributed by atoms with Crippen LogP contribution in [0.1, 0.15) is 10.4 Å². The maximum atomic E-state index is 12.5. The molecule has 0 unspecified atom stereocenters. The number of anilines is 1. The lowest BCUT2D eigenvalue weighted by Gasteiger charge is -2.10. The Bertz CT molecular complexity index is 828. The first-order valence-corrected chi connectivity index (χ1v) is 7.83. The van der Waals surface area contributed by atoms with E-state index in [4.69, 9.17) is 0 Å². The number of carbonyl (C=O) groups is 1. The summed E-state index contributed by atoms with van der Waals surface area (Å²) in [6.07, 6.45) is 3.49. The topological polar surface area (TPSA) is 42.0 Å². The highest BCUT2D eigenvalue weighted by molar-refractivity contribution is 9.11. The Morgan fingerprint density at radius 1 is 1.10 bits per heavy atom. The fourth-order valence-corrected chi connectivity index (χ4v) is 2.88. The van der Waals surface area contributed by atoms with Crippen LogP contribution in [0.5, 0.6) is 0 Å². The summed E-state index contributed by atoms with van der Waals surface area (Å²) in [7, 11) is 0. The lowest BCUT2D eigenvalue weighted by Crippen LogP contribution is -2.12. The number of hydrogen-bond acceptors (Lipinski definition) is 2. The third-order valence-electron chi connectivity index (χ3n) is 3.10. The van der Waals surface area contributed by atoms with Gasteiger partial charge in [-0.05, 0) is 46.3 Å². The minimum absolute atomic E-state index is 0.160. The van der Waals surface area contributed by atoms with Crippen molar-refractivity contribution < 1.29 is 4.79 Å². The van der Waals surface area contributed by atoms with Crippen molar-refractivity contribution in [1.82, 2.24) is 4.98 Å². The molecule has 1 N–H and O–H groups in total. The number of aromatic nitrogens is 1. The largest absolute Gasteiger partial charge is 0.321 e. The van der Waals surface area contributed by atoms with Crippen LogP contribution in [-0.4, -0.2) is 10.9 Å². The first kappa shape index (κ1) is 14.2. The fourth-order valence-electron chi connectivity index (χ4n) is 2.09. The third-order valence-corrected chi connectivity index (χ3v) is 4.29. The Morgan fingerprint density at radius 2 is 1.95 bits per heavy atom. The number of rotatable bonds is 2. The van der Waals surface area contributed by atoms with Crippen molar-refractivity contribution >= 4 is 54.2 Å². The second-order valence-corrected chi connectivity index (χ2v) is 6.25. The molecule has 21 heavy (non-hydrogen) atoms. The number of benzene rings is 2. The SMILES string of the molecule is O=C(Nc1cccc2cnccc12)c1cc(Br)ccc1Br. The summed E-state index contributed by atoms with van der Waals surface area (Å²) in [5.41, 5.74) is 1.35. The molecule has 3 rings (SSSR count). The van der Waals surface area contributed by atoms with Crippen molar-refractivity contribution in [3.05, 3.63) is 69.4 Å². The molecular weight excluding hydrogens is 396 g/mol. The summed E-state index contributed by atoms with van der Waals surface area (Å²) in [4.78, 5) is 16.5. The van der Waals surface area contributed by atoms with Crippen LogP contribution in [0.15, 0.2) is 63.8 Å². The van der Waals surface area contributed by atoms with E-state index in [9.17, 15) is 4.79 Å². The molecule has 104 valence electrons. The summed E-state index contributed by atoms with van der Waals surface area (Å²) in [6.45, 7) is 0. The first-order valence-electron chi connectivity index (χ1n) is 6.24. The van der Waals surface area contributed by atoms with Crippen LogP contribution in [-0.2, 0) is 0 Å². The van der Waals surface area contributed by atoms with Gasteiger partial charge in [-0.2, -0.15) is 0 Å². The van der Waals surface area contributed by atoms with Crippen LogP contribution in [0.3, 0.4) is 0 Å². The van der Waals surface area contributed by atoms with Crippen LogP contribution in [0.4, 0.5) is 5.69 Å². The summed E-state index contributed by atoms with van der Waals surface area (Å²) in [5.74, 6) is -0.160. The molecule has 1 amide bonds. The molecule has 0 saturated heterocycles. The quantitative estimate of drug-likeness (QED) is 0.650. The average Bonchev–Trinajstić information content (AvgIpc) is 2.50. The fraction of sp³-hybridized carbons (Fsp3) is 0. The molecular formula is C16H10Br2N2O. The normalized spacial score (nSPS) is 10.6. The van der Waals surface area contributed by atoms with Crippen molar-refractivity contribution in [2.45, 2.75) is 0 Å². The number of carbonyl (C=O) groups excluding carboxylic acids is 1. The zero-order chi connectivity index (χ0) is 14.8. The van der Waals surface area contributed by atoms with Gasteiger partial charge in [-0.25, -0.2) is 0 Å². The number of nitrogens with zero attached hydrogens (tertiary/aromatic N) is 1. The Morgan fingerprint density at radius 3 is 2.81 bits per heavy atom. The van der Waals surface area contributed by atoms with Crippen molar-refractivity contribution in [2.75, 3.05) is 5.32 Å². The van der Waals surface area contributed by atoms with Gasteiger partial charge in [0.05, 0.1) is 5.56 Å².